The highest BCUT2D eigenvalue weighted by molar-refractivity contribution is 6.16. The predicted molar refractivity (Wildman–Crippen MR) is 81.7 cm³/mol. The normalized spacial score (nSPS) is 11.0. The second-order valence-corrected chi connectivity index (χ2v) is 5.15. The largest absolute Gasteiger partial charge is 0.491 e. The van der Waals surface area contributed by atoms with E-state index >= 15 is 0 Å². The van der Waals surface area contributed by atoms with E-state index in [1.165, 1.54) is 0 Å². The lowest BCUT2D eigenvalue weighted by atomic mass is 10.0. The van der Waals surface area contributed by atoms with Crippen LogP contribution in [0.4, 0.5) is 0 Å². The third-order valence-corrected chi connectivity index (χ3v) is 3.20. The van der Waals surface area contributed by atoms with E-state index in [9.17, 15) is 4.79 Å². The minimum Gasteiger partial charge on any atom is -0.491 e. The van der Waals surface area contributed by atoms with Gasteiger partial charge in [0, 0.05) is 40.6 Å². The zero-order valence-electron chi connectivity index (χ0n) is 12.0. The second kappa shape index (κ2) is 5.40. The van der Waals surface area contributed by atoms with Crippen molar-refractivity contribution in [3.05, 3.63) is 60.0 Å². The van der Waals surface area contributed by atoms with Gasteiger partial charge in [0.25, 0.3) is 0 Å². The van der Waals surface area contributed by atoms with Gasteiger partial charge in [-0.15, -0.1) is 0 Å². The quantitative estimate of drug-likeness (QED) is 0.743. The molecule has 3 aromatic rings. The Bertz CT molecular complexity index is 790. The fourth-order valence-electron chi connectivity index (χ4n) is 2.29. The number of aromatic amines is 1. The molecule has 1 aromatic carbocycles. The van der Waals surface area contributed by atoms with Crippen LogP contribution in [0.25, 0.3) is 10.9 Å². The number of carbonyl (C=O) groups is 1. The van der Waals surface area contributed by atoms with Crippen LogP contribution < -0.4 is 4.74 Å². The number of hydrogen-bond acceptors (Lipinski definition) is 3. The number of pyridine rings is 1. The van der Waals surface area contributed by atoms with Crippen molar-refractivity contribution >= 4 is 16.7 Å². The molecular formula is C17H16N2O2. The van der Waals surface area contributed by atoms with Crippen molar-refractivity contribution in [3.63, 3.8) is 0 Å². The fraction of sp³-hybridized carbons (Fsp3) is 0.176. The standard InChI is InChI=1S/C17H16N2O2/c1-11(2)21-13-5-3-4-12(8-13)17(20)15-10-19-16-6-7-18-9-14(15)16/h3-11,19H,1-2H3. The smallest absolute Gasteiger partial charge is 0.195 e. The average molecular weight is 280 g/mol. The summed E-state index contributed by atoms with van der Waals surface area (Å²) in [6.07, 6.45) is 5.20. The van der Waals surface area contributed by atoms with E-state index < -0.39 is 0 Å². The summed E-state index contributed by atoms with van der Waals surface area (Å²) in [4.78, 5) is 19.8. The Hall–Kier alpha value is -2.62. The van der Waals surface area contributed by atoms with E-state index in [4.69, 9.17) is 4.74 Å². The van der Waals surface area contributed by atoms with Crippen LogP contribution in [0.1, 0.15) is 29.8 Å². The van der Waals surface area contributed by atoms with Gasteiger partial charge in [-0.05, 0) is 32.0 Å². The molecule has 3 rings (SSSR count). The second-order valence-electron chi connectivity index (χ2n) is 5.15. The van der Waals surface area contributed by atoms with Gasteiger partial charge in [0.15, 0.2) is 5.78 Å². The van der Waals surface area contributed by atoms with Crippen molar-refractivity contribution in [1.29, 1.82) is 0 Å². The molecule has 1 N–H and O–H groups in total. The first-order valence-corrected chi connectivity index (χ1v) is 6.87. The average Bonchev–Trinajstić information content (AvgIpc) is 2.90. The monoisotopic (exact) mass is 280 g/mol. The molecule has 0 aliphatic heterocycles. The van der Waals surface area contributed by atoms with Crippen molar-refractivity contribution < 1.29 is 9.53 Å². The number of hydrogen-bond donors (Lipinski definition) is 1. The Kier molecular flexibility index (Phi) is 3.44. The number of carbonyl (C=O) groups excluding carboxylic acids is 1. The highest BCUT2D eigenvalue weighted by Crippen LogP contribution is 2.22. The topological polar surface area (TPSA) is 55.0 Å². The molecule has 0 radical (unpaired) electrons. The molecule has 4 heteroatoms. The van der Waals surface area contributed by atoms with E-state index in [0.29, 0.717) is 16.9 Å². The molecule has 0 unspecified atom stereocenters. The molecule has 2 heterocycles. The Balaban J connectivity index is 1.98. The van der Waals surface area contributed by atoms with Gasteiger partial charge in [-0.25, -0.2) is 0 Å². The van der Waals surface area contributed by atoms with Crippen LogP contribution in [-0.2, 0) is 0 Å². The summed E-state index contributed by atoms with van der Waals surface area (Å²) >= 11 is 0. The zero-order chi connectivity index (χ0) is 14.8. The van der Waals surface area contributed by atoms with Crippen LogP contribution in [0, 0.1) is 0 Å². The summed E-state index contributed by atoms with van der Waals surface area (Å²) in [7, 11) is 0. The molecule has 106 valence electrons. The maximum Gasteiger partial charge on any atom is 0.195 e. The van der Waals surface area contributed by atoms with Gasteiger partial charge >= 0.3 is 0 Å². The number of aromatic nitrogens is 2. The molecule has 0 saturated carbocycles. The van der Waals surface area contributed by atoms with Crippen LogP contribution in [0.3, 0.4) is 0 Å². The molecule has 21 heavy (non-hydrogen) atoms. The van der Waals surface area contributed by atoms with E-state index in [1.807, 2.05) is 32.0 Å². The number of ether oxygens (including phenoxy) is 1. The lowest BCUT2D eigenvalue weighted by Gasteiger charge is -2.10. The van der Waals surface area contributed by atoms with Crippen molar-refractivity contribution in [2.75, 3.05) is 0 Å². The van der Waals surface area contributed by atoms with Gasteiger partial charge in [0.1, 0.15) is 5.75 Å². The summed E-state index contributed by atoms with van der Waals surface area (Å²) in [5, 5.41) is 0.831. The summed E-state index contributed by atoms with van der Waals surface area (Å²) < 4.78 is 5.64. The first-order valence-electron chi connectivity index (χ1n) is 6.87. The van der Waals surface area contributed by atoms with E-state index in [1.54, 1.807) is 30.7 Å². The maximum absolute atomic E-state index is 12.7. The van der Waals surface area contributed by atoms with Crippen molar-refractivity contribution in [3.8, 4) is 5.75 Å². The highest BCUT2D eigenvalue weighted by Gasteiger charge is 2.15. The molecule has 2 aromatic heterocycles. The molecule has 0 spiro atoms. The van der Waals surface area contributed by atoms with Gasteiger partial charge < -0.3 is 9.72 Å². The molecule has 4 nitrogen and oxygen atoms in total. The van der Waals surface area contributed by atoms with Gasteiger partial charge in [-0.2, -0.15) is 0 Å². The van der Waals surface area contributed by atoms with Crippen molar-refractivity contribution in [2.24, 2.45) is 0 Å². The lowest BCUT2D eigenvalue weighted by molar-refractivity contribution is 0.103. The molecule has 0 bridgehead atoms. The molecule has 0 saturated heterocycles. The van der Waals surface area contributed by atoms with Crippen LogP contribution in [0.5, 0.6) is 5.75 Å². The van der Waals surface area contributed by atoms with E-state index in [2.05, 4.69) is 9.97 Å². The van der Waals surface area contributed by atoms with Gasteiger partial charge in [-0.3, -0.25) is 9.78 Å². The van der Waals surface area contributed by atoms with Crippen LogP contribution in [0.2, 0.25) is 0 Å². The first kappa shape index (κ1) is 13.4. The molecular weight excluding hydrogens is 264 g/mol. The molecule has 0 aliphatic rings. The molecule has 0 amide bonds. The summed E-state index contributed by atoms with van der Waals surface area (Å²) in [5.41, 5.74) is 2.14. The number of fused-ring (bicyclic) bond motifs is 1. The Morgan fingerprint density at radius 2 is 2.14 bits per heavy atom. The van der Waals surface area contributed by atoms with Gasteiger partial charge in [0.05, 0.1) is 6.10 Å². The van der Waals surface area contributed by atoms with Crippen LogP contribution in [-0.4, -0.2) is 21.9 Å². The number of ketones is 1. The minimum absolute atomic E-state index is 0.0385. The van der Waals surface area contributed by atoms with Crippen LogP contribution >= 0.6 is 0 Å². The van der Waals surface area contributed by atoms with E-state index in [-0.39, 0.29) is 11.9 Å². The van der Waals surface area contributed by atoms with Crippen molar-refractivity contribution in [1.82, 2.24) is 9.97 Å². The summed E-state index contributed by atoms with van der Waals surface area (Å²) in [5.74, 6) is 0.664. The number of H-pyrrole nitrogens is 1. The van der Waals surface area contributed by atoms with Gasteiger partial charge in [-0.1, -0.05) is 12.1 Å². The SMILES string of the molecule is CC(C)Oc1cccc(C(=O)c2c[nH]c3ccncc23)c1. The molecule has 0 atom stereocenters. The Morgan fingerprint density at radius 1 is 1.29 bits per heavy atom. The number of benzene rings is 1. The van der Waals surface area contributed by atoms with Gasteiger partial charge in [0.2, 0.25) is 0 Å². The fourth-order valence-corrected chi connectivity index (χ4v) is 2.29. The molecule has 0 aliphatic carbocycles. The Morgan fingerprint density at radius 3 is 2.95 bits per heavy atom. The summed E-state index contributed by atoms with van der Waals surface area (Å²) in [6.45, 7) is 3.92. The maximum atomic E-state index is 12.7. The summed E-state index contributed by atoms with van der Waals surface area (Å²) in [6, 6.07) is 9.11. The number of nitrogens with zero attached hydrogens (tertiary/aromatic N) is 1. The Labute approximate surface area is 122 Å². The lowest BCUT2D eigenvalue weighted by Crippen LogP contribution is -2.07. The number of nitrogens with one attached hydrogen (secondary N) is 1. The first-order chi connectivity index (χ1) is 10.1. The number of rotatable bonds is 4. The third-order valence-electron chi connectivity index (χ3n) is 3.20. The molecule has 0 fully saturated rings. The van der Waals surface area contributed by atoms with Crippen molar-refractivity contribution in [2.45, 2.75) is 20.0 Å². The predicted octanol–water partition coefficient (Wildman–Crippen LogP) is 3.58. The zero-order valence-corrected chi connectivity index (χ0v) is 12.0. The van der Waals surface area contributed by atoms with Crippen LogP contribution in [0.15, 0.2) is 48.9 Å². The third kappa shape index (κ3) is 2.65. The minimum atomic E-state index is -0.0385. The van der Waals surface area contributed by atoms with E-state index in [0.717, 1.165) is 10.9 Å². The highest BCUT2D eigenvalue weighted by atomic mass is 16.5.